The zero-order chi connectivity index (χ0) is 19.5. The molecule has 4 rings (SSSR count). The van der Waals surface area contributed by atoms with Crippen molar-refractivity contribution in [3.8, 4) is 0 Å². The molecule has 1 atom stereocenters. The van der Waals surface area contributed by atoms with Crippen LogP contribution in [0.2, 0.25) is 0 Å². The third-order valence-electron chi connectivity index (χ3n) is 5.48. The number of anilines is 1. The molecule has 5 nitrogen and oxygen atoms in total. The highest BCUT2D eigenvalue weighted by atomic mass is 32.2. The molecule has 1 N–H and O–H groups in total. The minimum atomic E-state index is -0.167. The molecule has 2 aromatic carbocycles. The van der Waals surface area contributed by atoms with E-state index in [1.165, 1.54) is 0 Å². The van der Waals surface area contributed by atoms with E-state index in [1.54, 1.807) is 11.8 Å². The van der Waals surface area contributed by atoms with Crippen molar-refractivity contribution in [3.05, 3.63) is 54.4 Å². The standard InChI is InChI=1S/C22H25N3O2S/c1-15(21(26)23-18-8-4-6-10-20(18)28-2)25-13-11-16(12-14-25)22-24-17-7-3-5-9-19(17)27-22/h3-10,15-16H,11-14H2,1-2H3,(H,23,26)/t15-/m0/s1. The van der Waals surface area contributed by atoms with Gasteiger partial charge >= 0.3 is 0 Å². The topological polar surface area (TPSA) is 58.4 Å². The summed E-state index contributed by atoms with van der Waals surface area (Å²) in [5, 5.41) is 3.09. The number of oxazole rings is 1. The highest BCUT2D eigenvalue weighted by molar-refractivity contribution is 7.98. The van der Waals surface area contributed by atoms with Crippen LogP contribution >= 0.6 is 11.8 Å². The van der Waals surface area contributed by atoms with Crippen LogP contribution in [0.1, 0.15) is 31.6 Å². The lowest BCUT2D eigenvalue weighted by atomic mass is 9.95. The fraction of sp³-hybridized carbons (Fsp3) is 0.364. The Morgan fingerprint density at radius 1 is 1.18 bits per heavy atom. The number of rotatable bonds is 5. The van der Waals surface area contributed by atoms with Crippen LogP contribution in [-0.2, 0) is 4.79 Å². The third-order valence-corrected chi connectivity index (χ3v) is 6.28. The number of likely N-dealkylation sites (tertiary alicyclic amines) is 1. The van der Waals surface area contributed by atoms with E-state index in [2.05, 4.69) is 15.2 Å². The maximum Gasteiger partial charge on any atom is 0.241 e. The summed E-state index contributed by atoms with van der Waals surface area (Å²) in [5.41, 5.74) is 2.65. The van der Waals surface area contributed by atoms with Gasteiger partial charge in [0.15, 0.2) is 11.5 Å². The largest absolute Gasteiger partial charge is 0.440 e. The summed E-state index contributed by atoms with van der Waals surface area (Å²) in [6, 6.07) is 15.6. The van der Waals surface area contributed by atoms with Crippen molar-refractivity contribution in [1.82, 2.24) is 9.88 Å². The number of benzene rings is 2. The molecule has 1 aliphatic heterocycles. The molecule has 0 saturated carbocycles. The van der Waals surface area contributed by atoms with Gasteiger partial charge in [-0.15, -0.1) is 11.8 Å². The molecule has 1 amide bonds. The fourth-order valence-electron chi connectivity index (χ4n) is 3.75. The van der Waals surface area contributed by atoms with Crippen LogP contribution in [-0.4, -0.2) is 41.2 Å². The van der Waals surface area contributed by atoms with Gasteiger partial charge in [0.25, 0.3) is 0 Å². The molecular formula is C22H25N3O2S. The van der Waals surface area contributed by atoms with Gasteiger partial charge in [0.1, 0.15) is 5.52 Å². The lowest BCUT2D eigenvalue weighted by Crippen LogP contribution is -2.45. The van der Waals surface area contributed by atoms with Crippen molar-refractivity contribution < 1.29 is 9.21 Å². The molecule has 0 bridgehead atoms. The minimum absolute atomic E-state index is 0.0433. The predicted molar refractivity (Wildman–Crippen MR) is 114 cm³/mol. The van der Waals surface area contributed by atoms with Crippen molar-refractivity contribution in [1.29, 1.82) is 0 Å². The maximum absolute atomic E-state index is 12.8. The highest BCUT2D eigenvalue weighted by Crippen LogP contribution is 2.31. The van der Waals surface area contributed by atoms with Crippen LogP contribution in [0.4, 0.5) is 5.69 Å². The summed E-state index contributed by atoms with van der Waals surface area (Å²) in [4.78, 5) is 20.7. The van der Waals surface area contributed by atoms with Gasteiger partial charge in [0, 0.05) is 10.8 Å². The minimum Gasteiger partial charge on any atom is -0.440 e. The first kappa shape index (κ1) is 19.0. The molecule has 3 aromatic rings. The van der Waals surface area contributed by atoms with Crippen LogP contribution in [0, 0.1) is 0 Å². The van der Waals surface area contributed by atoms with E-state index in [0.717, 1.165) is 53.5 Å². The molecule has 146 valence electrons. The number of carbonyl (C=O) groups excluding carboxylic acids is 1. The lowest BCUT2D eigenvalue weighted by Gasteiger charge is -2.34. The smallest absolute Gasteiger partial charge is 0.241 e. The van der Waals surface area contributed by atoms with E-state index >= 15 is 0 Å². The number of fused-ring (bicyclic) bond motifs is 1. The Morgan fingerprint density at radius 3 is 2.64 bits per heavy atom. The Kier molecular flexibility index (Phi) is 5.69. The van der Waals surface area contributed by atoms with Crippen LogP contribution in [0.25, 0.3) is 11.1 Å². The Hall–Kier alpha value is -2.31. The molecule has 0 spiro atoms. The number of hydrogen-bond acceptors (Lipinski definition) is 5. The zero-order valence-electron chi connectivity index (χ0n) is 16.2. The Bertz CT molecular complexity index is 930. The van der Waals surface area contributed by atoms with Crippen LogP contribution in [0.5, 0.6) is 0 Å². The first-order valence-electron chi connectivity index (χ1n) is 9.69. The summed E-state index contributed by atoms with van der Waals surface area (Å²) in [7, 11) is 0. The second-order valence-corrected chi connectivity index (χ2v) is 8.04. The van der Waals surface area contributed by atoms with Gasteiger partial charge in [-0.1, -0.05) is 24.3 Å². The summed E-state index contributed by atoms with van der Waals surface area (Å²) in [5.74, 6) is 1.18. The van der Waals surface area contributed by atoms with E-state index in [-0.39, 0.29) is 11.9 Å². The monoisotopic (exact) mass is 395 g/mol. The average molecular weight is 396 g/mol. The molecule has 28 heavy (non-hydrogen) atoms. The Balaban J connectivity index is 1.36. The highest BCUT2D eigenvalue weighted by Gasteiger charge is 2.29. The van der Waals surface area contributed by atoms with Gasteiger partial charge in [0.05, 0.1) is 11.7 Å². The van der Waals surface area contributed by atoms with Crippen LogP contribution < -0.4 is 5.32 Å². The number of amides is 1. The molecule has 0 radical (unpaired) electrons. The zero-order valence-corrected chi connectivity index (χ0v) is 17.0. The predicted octanol–water partition coefficient (Wildman–Crippen LogP) is 4.76. The second-order valence-electron chi connectivity index (χ2n) is 7.20. The molecule has 1 aliphatic rings. The van der Waals surface area contributed by atoms with Crippen molar-refractivity contribution >= 4 is 34.5 Å². The van der Waals surface area contributed by atoms with Gasteiger partial charge in [-0.3, -0.25) is 9.69 Å². The molecule has 1 saturated heterocycles. The number of hydrogen-bond donors (Lipinski definition) is 1. The lowest BCUT2D eigenvalue weighted by molar-refractivity contribution is -0.121. The van der Waals surface area contributed by atoms with E-state index in [1.807, 2.05) is 61.7 Å². The van der Waals surface area contributed by atoms with E-state index in [9.17, 15) is 4.79 Å². The summed E-state index contributed by atoms with van der Waals surface area (Å²) >= 11 is 1.64. The number of nitrogens with zero attached hydrogens (tertiary/aromatic N) is 2. The fourth-order valence-corrected chi connectivity index (χ4v) is 4.30. The third kappa shape index (κ3) is 3.93. The summed E-state index contributed by atoms with van der Waals surface area (Å²) < 4.78 is 5.94. The summed E-state index contributed by atoms with van der Waals surface area (Å²) in [6.07, 6.45) is 3.92. The van der Waals surface area contributed by atoms with Gasteiger partial charge in [-0.05, 0) is 63.4 Å². The SMILES string of the molecule is CSc1ccccc1NC(=O)[C@H](C)N1CCC(c2nc3ccccc3o2)CC1. The number of piperidine rings is 1. The van der Waals surface area contributed by atoms with Crippen molar-refractivity contribution in [2.45, 2.75) is 36.6 Å². The number of aromatic nitrogens is 1. The summed E-state index contributed by atoms with van der Waals surface area (Å²) in [6.45, 7) is 3.71. The van der Waals surface area contributed by atoms with Gasteiger partial charge in [-0.25, -0.2) is 4.98 Å². The van der Waals surface area contributed by atoms with E-state index in [0.29, 0.717) is 5.92 Å². The Labute approximate surface area is 169 Å². The molecule has 0 unspecified atom stereocenters. The van der Waals surface area contributed by atoms with Crippen molar-refractivity contribution in [2.24, 2.45) is 0 Å². The molecule has 1 fully saturated rings. The molecule has 1 aromatic heterocycles. The number of carbonyl (C=O) groups is 1. The number of nitrogens with one attached hydrogen (secondary N) is 1. The number of para-hydroxylation sites is 3. The number of thioether (sulfide) groups is 1. The van der Waals surface area contributed by atoms with E-state index in [4.69, 9.17) is 4.42 Å². The average Bonchev–Trinajstić information content (AvgIpc) is 3.18. The van der Waals surface area contributed by atoms with E-state index < -0.39 is 0 Å². The maximum atomic E-state index is 12.8. The quantitative estimate of drug-likeness (QED) is 0.632. The second kappa shape index (κ2) is 8.37. The molecule has 6 heteroatoms. The van der Waals surface area contributed by atoms with Crippen LogP contribution in [0.3, 0.4) is 0 Å². The molecular weight excluding hydrogens is 370 g/mol. The van der Waals surface area contributed by atoms with Crippen LogP contribution in [0.15, 0.2) is 57.8 Å². The first-order chi connectivity index (χ1) is 13.7. The first-order valence-corrected chi connectivity index (χ1v) is 10.9. The van der Waals surface area contributed by atoms with Crippen molar-refractivity contribution in [2.75, 3.05) is 24.7 Å². The van der Waals surface area contributed by atoms with Gasteiger partial charge in [0.2, 0.25) is 5.91 Å². The molecule has 2 heterocycles. The van der Waals surface area contributed by atoms with Gasteiger partial charge in [-0.2, -0.15) is 0 Å². The molecule has 0 aliphatic carbocycles. The Morgan fingerprint density at radius 2 is 1.89 bits per heavy atom. The van der Waals surface area contributed by atoms with Gasteiger partial charge < -0.3 is 9.73 Å². The normalized spacial score (nSPS) is 16.9. The van der Waals surface area contributed by atoms with Crippen molar-refractivity contribution in [3.63, 3.8) is 0 Å².